The van der Waals surface area contributed by atoms with Crippen LogP contribution in [0.1, 0.15) is 37.9 Å². The highest BCUT2D eigenvalue weighted by molar-refractivity contribution is 5.77. The van der Waals surface area contributed by atoms with Crippen molar-refractivity contribution in [3.8, 4) is 0 Å². The van der Waals surface area contributed by atoms with Gasteiger partial charge in [0.2, 0.25) is 0 Å². The summed E-state index contributed by atoms with van der Waals surface area (Å²) in [6, 6.07) is 3.78. The van der Waals surface area contributed by atoms with Gasteiger partial charge in [0.25, 0.3) is 0 Å². The number of ether oxygens (including phenoxy) is 1. The second kappa shape index (κ2) is 6.98. The zero-order valence-electron chi connectivity index (χ0n) is 10.1. The van der Waals surface area contributed by atoms with Crippen LogP contribution in [0.2, 0.25) is 0 Å². The third kappa shape index (κ3) is 4.11. The van der Waals surface area contributed by atoms with Gasteiger partial charge in [-0.3, -0.25) is 9.78 Å². The van der Waals surface area contributed by atoms with Crippen LogP contribution in [0.15, 0.2) is 18.3 Å². The summed E-state index contributed by atoms with van der Waals surface area (Å²) in [4.78, 5) is 15.3. The number of pyridine rings is 1. The molecule has 0 saturated carbocycles. The lowest BCUT2D eigenvalue weighted by molar-refractivity contribution is -0.142. The number of aromatic nitrogens is 1. The van der Waals surface area contributed by atoms with E-state index in [-0.39, 0.29) is 11.9 Å². The predicted molar refractivity (Wildman–Crippen MR) is 60.8 cm³/mol. The van der Waals surface area contributed by atoms with Crippen molar-refractivity contribution in [1.29, 1.82) is 0 Å². The van der Waals surface area contributed by atoms with Crippen molar-refractivity contribution < 1.29 is 9.53 Å². The molecular formula is C12H19NO2. The second-order valence-electron chi connectivity index (χ2n) is 2.98. The summed E-state index contributed by atoms with van der Waals surface area (Å²) < 4.78 is 4.63. The van der Waals surface area contributed by atoms with Gasteiger partial charge in [-0.05, 0) is 25.5 Å². The zero-order valence-corrected chi connectivity index (χ0v) is 10.1. The quantitative estimate of drug-likeness (QED) is 0.703. The van der Waals surface area contributed by atoms with Gasteiger partial charge in [0.15, 0.2) is 0 Å². The van der Waals surface area contributed by atoms with E-state index in [1.807, 2.05) is 32.9 Å². The summed E-state index contributed by atoms with van der Waals surface area (Å²) in [5, 5.41) is 0. The van der Waals surface area contributed by atoms with E-state index >= 15 is 0 Å². The van der Waals surface area contributed by atoms with Crippen molar-refractivity contribution >= 4 is 5.97 Å². The average Bonchev–Trinajstić information content (AvgIpc) is 2.31. The van der Waals surface area contributed by atoms with Crippen LogP contribution >= 0.6 is 0 Å². The lowest BCUT2D eigenvalue weighted by Crippen LogP contribution is -2.10. The number of hydrogen-bond acceptors (Lipinski definition) is 3. The Hall–Kier alpha value is -1.38. The van der Waals surface area contributed by atoms with Crippen LogP contribution in [0.4, 0.5) is 0 Å². The van der Waals surface area contributed by atoms with Gasteiger partial charge >= 0.3 is 5.97 Å². The van der Waals surface area contributed by atoms with Crippen molar-refractivity contribution in [2.75, 3.05) is 7.11 Å². The van der Waals surface area contributed by atoms with Gasteiger partial charge in [-0.15, -0.1) is 0 Å². The Labute approximate surface area is 91.5 Å². The zero-order chi connectivity index (χ0) is 11.8. The molecule has 0 spiro atoms. The standard InChI is InChI=1S/C10H13NO2.C2H6/c1-7-4-5-9(6-11-7)8(2)10(12)13-3;1-2/h4-6,8H,1-3H3;1-2H3. The summed E-state index contributed by atoms with van der Waals surface area (Å²) in [6.45, 7) is 7.71. The number of carbonyl (C=O) groups excluding carboxylic acids is 1. The van der Waals surface area contributed by atoms with Gasteiger partial charge in [0, 0.05) is 11.9 Å². The Morgan fingerprint density at radius 1 is 1.40 bits per heavy atom. The highest BCUT2D eigenvalue weighted by atomic mass is 16.5. The fraction of sp³-hybridized carbons (Fsp3) is 0.500. The predicted octanol–water partition coefficient (Wildman–Crippen LogP) is 2.69. The first-order valence-electron chi connectivity index (χ1n) is 5.15. The fourth-order valence-electron chi connectivity index (χ4n) is 1.05. The minimum Gasteiger partial charge on any atom is -0.469 e. The molecule has 0 N–H and O–H groups in total. The van der Waals surface area contributed by atoms with E-state index in [4.69, 9.17) is 0 Å². The molecule has 1 atom stereocenters. The maximum Gasteiger partial charge on any atom is 0.312 e. The molecule has 0 aliphatic heterocycles. The molecule has 0 radical (unpaired) electrons. The SMILES string of the molecule is CC.COC(=O)C(C)c1ccc(C)nc1. The Morgan fingerprint density at radius 3 is 2.40 bits per heavy atom. The molecule has 1 aromatic heterocycles. The highest BCUT2D eigenvalue weighted by Gasteiger charge is 2.15. The van der Waals surface area contributed by atoms with Gasteiger partial charge in [-0.2, -0.15) is 0 Å². The van der Waals surface area contributed by atoms with Crippen molar-refractivity contribution in [2.45, 2.75) is 33.6 Å². The number of rotatable bonds is 2. The fourth-order valence-corrected chi connectivity index (χ4v) is 1.05. The van der Waals surface area contributed by atoms with E-state index < -0.39 is 0 Å². The molecule has 0 aromatic carbocycles. The van der Waals surface area contributed by atoms with Gasteiger partial charge in [-0.25, -0.2) is 0 Å². The first-order valence-corrected chi connectivity index (χ1v) is 5.15. The molecule has 1 rings (SSSR count). The lowest BCUT2D eigenvalue weighted by atomic mass is 10.0. The van der Waals surface area contributed by atoms with Crippen LogP contribution in [-0.2, 0) is 9.53 Å². The van der Waals surface area contributed by atoms with Gasteiger partial charge in [0.05, 0.1) is 13.0 Å². The van der Waals surface area contributed by atoms with E-state index in [0.29, 0.717) is 0 Å². The minimum absolute atomic E-state index is 0.231. The van der Waals surface area contributed by atoms with Gasteiger partial charge < -0.3 is 4.74 Å². The van der Waals surface area contributed by atoms with E-state index in [9.17, 15) is 4.79 Å². The maximum atomic E-state index is 11.1. The summed E-state index contributed by atoms with van der Waals surface area (Å²) in [7, 11) is 1.39. The van der Waals surface area contributed by atoms with Crippen molar-refractivity contribution in [1.82, 2.24) is 4.98 Å². The smallest absolute Gasteiger partial charge is 0.312 e. The topological polar surface area (TPSA) is 39.2 Å². The molecule has 3 heteroatoms. The Kier molecular flexibility index (Phi) is 6.34. The van der Waals surface area contributed by atoms with Crippen molar-refractivity contribution in [2.24, 2.45) is 0 Å². The molecular weight excluding hydrogens is 190 g/mol. The molecule has 3 nitrogen and oxygen atoms in total. The molecule has 0 amide bonds. The molecule has 15 heavy (non-hydrogen) atoms. The van der Waals surface area contributed by atoms with Crippen LogP contribution < -0.4 is 0 Å². The molecule has 84 valence electrons. The van der Waals surface area contributed by atoms with Crippen LogP contribution in [0.25, 0.3) is 0 Å². The van der Waals surface area contributed by atoms with Gasteiger partial charge in [0.1, 0.15) is 0 Å². The molecule has 0 aliphatic carbocycles. The number of nitrogens with zero attached hydrogens (tertiary/aromatic N) is 1. The Balaban J connectivity index is 0.000000921. The number of esters is 1. The largest absolute Gasteiger partial charge is 0.469 e. The molecule has 1 heterocycles. The molecule has 1 unspecified atom stereocenters. The first-order chi connectivity index (χ1) is 7.15. The molecule has 0 aliphatic rings. The monoisotopic (exact) mass is 209 g/mol. The van der Waals surface area contributed by atoms with Crippen molar-refractivity contribution in [3.05, 3.63) is 29.6 Å². The highest BCUT2D eigenvalue weighted by Crippen LogP contribution is 2.15. The van der Waals surface area contributed by atoms with E-state index in [2.05, 4.69) is 9.72 Å². The molecule has 1 aromatic rings. The van der Waals surface area contributed by atoms with E-state index in [0.717, 1.165) is 11.3 Å². The maximum absolute atomic E-state index is 11.1. The first kappa shape index (κ1) is 13.6. The number of methoxy groups -OCH3 is 1. The van der Waals surface area contributed by atoms with E-state index in [1.54, 1.807) is 13.1 Å². The Morgan fingerprint density at radius 2 is 2.00 bits per heavy atom. The van der Waals surface area contributed by atoms with Crippen LogP contribution in [0, 0.1) is 6.92 Å². The minimum atomic E-state index is -0.238. The number of carbonyl (C=O) groups is 1. The molecule has 0 fully saturated rings. The normalized spacial score (nSPS) is 11.0. The third-order valence-corrected chi connectivity index (χ3v) is 1.99. The summed E-state index contributed by atoms with van der Waals surface area (Å²) >= 11 is 0. The number of hydrogen-bond donors (Lipinski definition) is 0. The van der Waals surface area contributed by atoms with Crippen molar-refractivity contribution in [3.63, 3.8) is 0 Å². The van der Waals surface area contributed by atoms with Crippen LogP contribution in [0.5, 0.6) is 0 Å². The summed E-state index contributed by atoms with van der Waals surface area (Å²) in [6.07, 6.45) is 1.71. The lowest BCUT2D eigenvalue weighted by Gasteiger charge is -2.08. The second-order valence-corrected chi connectivity index (χ2v) is 2.98. The summed E-state index contributed by atoms with van der Waals surface area (Å²) in [5.41, 5.74) is 1.83. The third-order valence-electron chi connectivity index (χ3n) is 1.99. The van der Waals surface area contributed by atoms with E-state index in [1.165, 1.54) is 7.11 Å². The average molecular weight is 209 g/mol. The Bertz CT molecular complexity index is 293. The number of aryl methyl sites for hydroxylation is 1. The molecule has 0 bridgehead atoms. The van der Waals surface area contributed by atoms with Crippen LogP contribution in [0.3, 0.4) is 0 Å². The summed E-state index contributed by atoms with van der Waals surface area (Å²) in [5.74, 6) is -0.469. The van der Waals surface area contributed by atoms with Gasteiger partial charge in [-0.1, -0.05) is 19.9 Å². The van der Waals surface area contributed by atoms with Crippen LogP contribution in [-0.4, -0.2) is 18.1 Å². The molecule has 0 saturated heterocycles.